The van der Waals surface area contributed by atoms with Crippen LogP contribution in [0.1, 0.15) is 35.9 Å². The maximum atomic E-state index is 11.4. The first kappa shape index (κ1) is 16.2. The van der Waals surface area contributed by atoms with Crippen molar-refractivity contribution < 1.29 is 14.4 Å². The molecule has 6 nitrogen and oxygen atoms in total. The van der Waals surface area contributed by atoms with E-state index in [9.17, 15) is 4.79 Å². The Morgan fingerprint density at radius 1 is 1.48 bits per heavy atom. The van der Waals surface area contributed by atoms with Crippen LogP contribution in [0.2, 0.25) is 0 Å². The van der Waals surface area contributed by atoms with E-state index in [0.717, 1.165) is 42.3 Å². The van der Waals surface area contributed by atoms with E-state index in [-0.39, 0.29) is 12.4 Å². The molecule has 0 saturated carbocycles. The first-order valence-electron chi connectivity index (χ1n) is 6.75. The minimum atomic E-state index is -0.626. The minimum absolute atomic E-state index is 0. The molecular weight excluding hydrogens is 314 g/mol. The van der Waals surface area contributed by atoms with Gasteiger partial charge in [0.1, 0.15) is 5.71 Å². The Morgan fingerprint density at radius 2 is 2.24 bits per heavy atom. The Bertz CT molecular complexity index is 528. The van der Waals surface area contributed by atoms with Crippen molar-refractivity contribution in [1.82, 2.24) is 10.3 Å². The summed E-state index contributed by atoms with van der Waals surface area (Å²) in [4.78, 5) is 21.2. The van der Waals surface area contributed by atoms with E-state index in [4.69, 9.17) is 4.84 Å². The fourth-order valence-electron chi connectivity index (χ4n) is 2.46. The van der Waals surface area contributed by atoms with Crippen molar-refractivity contribution in [2.75, 3.05) is 20.2 Å². The number of esters is 1. The molecule has 0 aromatic carbocycles. The largest absolute Gasteiger partial charge is 0.466 e. The lowest BCUT2D eigenvalue weighted by molar-refractivity contribution is -0.152. The van der Waals surface area contributed by atoms with E-state index in [1.54, 1.807) is 11.3 Å². The van der Waals surface area contributed by atoms with E-state index < -0.39 is 12.1 Å². The van der Waals surface area contributed by atoms with Gasteiger partial charge in [0.05, 0.1) is 17.8 Å². The van der Waals surface area contributed by atoms with E-state index >= 15 is 0 Å². The van der Waals surface area contributed by atoms with Crippen molar-refractivity contribution in [3.05, 3.63) is 16.1 Å². The second kappa shape index (κ2) is 7.20. The number of aromatic nitrogens is 1. The van der Waals surface area contributed by atoms with Gasteiger partial charge in [-0.25, -0.2) is 9.78 Å². The molecule has 1 aromatic rings. The van der Waals surface area contributed by atoms with Crippen LogP contribution in [0.15, 0.2) is 10.5 Å². The molecule has 1 unspecified atom stereocenters. The quantitative estimate of drug-likeness (QED) is 0.853. The molecule has 0 aliphatic carbocycles. The highest BCUT2D eigenvalue weighted by atomic mass is 35.5. The van der Waals surface area contributed by atoms with Crippen molar-refractivity contribution in [3.8, 4) is 0 Å². The Morgan fingerprint density at radius 3 is 2.95 bits per heavy atom. The topological polar surface area (TPSA) is 72.8 Å². The Hall–Kier alpha value is -1.18. The normalized spacial score (nSPS) is 22.1. The van der Waals surface area contributed by atoms with Crippen LogP contribution in [-0.2, 0) is 14.4 Å². The maximum absolute atomic E-state index is 11.4. The molecule has 3 heterocycles. The molecule has 1 atom stereocenters. The number of halogens is 1. The lowest BCUT2D eigenvalue weighted by atomic mass is 9.99. The number of nitrogens with zero attached hydrogens (tertiary/aromatic N) is 2. The summed E-state index contributed by atoms with van der Waals surface area (Å²) in [5.41, 5.74) is 1.56. The van der Waals surface area contributed by atoms with Gasteiger partial charge in [-0.3, -0.25) is 0 Å². The fourth-order valence-corrected chi connectivity index (χ4v) is 3.46. The zero-order valence-electron chi connectivity index (χ0n) is 11.7. The van der Waals surface area contributed by atoms with Gasteiger partial charge in [-0.2, -0.15) is 0 Å². The number of nitrogens with one attached hydrogen (secondary N) is 1. The average molecular weight is 332 g/mol. The zero-order chi connectivity index (χ0) is 13.9. The van der Waals surface area contributed by atoms with Crippen molar-refractivity contribution in [1.29, 1.82) is 0 Å². The number of hydrogen-bond acceptors (Lipinski definition) is 7. The van der Waals surface area contributed by atoms with Crippen LogP contribution < -0.4 is 5.32 Å². The second-order valence-electron chi connectivity index (χ2n) is 4.95. The van der Waals surface area contributed by atoms with Crippen LogP contribution in [0.4, 0.5) is 0 Å². The molecule has 0 spiro atoms. The molecule has 1 N–H and O–H groups in total. The average Bonchev–Trinajstić information content (AvgIpc) is 3.16. The molecule has 3 rings (SSSR count). The van der Waals surface area contributed by atoms with Crippen molar-refractivity contribution in [2.45, 2.75) is 31.3 Å². The standard InChI is InChI=1S/C13H17N3O3S.ClH/c1-18-13(17)11-6-9(16-19-11)10-7-20-12(15-10)8-2-4-14-5-3-8;/h7-8,11,14H,2-6H2,1H3;1H. The highest BCUT2D eigenvalue weighted by Gasteiger charge is 2.31. The maximum Gasteiger partial charge on any atom is 0.350 e. The number of oxime groups is 1. The van der Waals surface area contributed by atoms with Gasteiger partial charge in [-0.05, 0) is 25.9 Å². The summed E-state index contributed by atoms with van der Waals surface area (Å²) in [5.74, 6) is 0.145. The molecule has 2 aliphatic heterocycles. The first-order chi connectivity index (χ1) is 9.78. The van der Waals surface area contributed by atoms with Crippen LogP contribution in [0.25, 0.3) is 0 Å². The Labute approximate surface area is 133 Å². The molecule has 1 saturated heterocycles. The van der Waals surface area contributed by atoms with Gasteiger partial charge < -0.3 is 14.9 Å². The van der Waals surface area contributed by atoms with E-state index in [2.05, 4.69) is 20.2 Å². The van der Waals surface area contributed by atoms with Gasteiger partial charge in [0.2, 0.25) is 6.10 Å². The second-order valence-corrected chi connectivity index (χ2v) is 5.84. The summed E-state index contributed by atoms with van der Waals surface area (Å²) in [6, 6.07) is 0. The Balaban J connectivity index is 0.00000161. The number of methoxy groups -OCH3 is 1. The molecule has 21 heavy (non-hydrogen) atoms. The summed E-state index contributed by atoms with van der Waals surface area (Å²) in [6.07, 6.45) is 2.06. The lowest BCUT2D eigenvalue weighted by Gasteiger charge is -2.20. The van der Waals surface area contributed by atoms with Gasteiger partial charge in [0.25, 0.3) is 0 Å². The monoisotopic (exact) mass is 331 g/mol. The highest BCUT2D eigenvalue weighted by Crippen LogP contribution is 2.29. The third-order valence-corrected chi connectivity index (χ3v) is 4.65. The number of rotatable bonds is 3. The van der Waals surface area contributed by atoms with Crippen LogP contribution in [0.3, 0.4) is 0 Å². The summed E-state index contributed by atoms with van der Waals surface area (Å²) in [5, 5.41) is 10.5. The third-order valence-electron chi connectivity index (χ3n) is 3.64. The van der Waals surface area contributed by atoms with Gasteiger partial charge >= 0.3 is 5.97 Å². The molecule has 1 aromatic heterocycles. The zero-order valence-corrected chi connectivity index (χ0v) is 13.3. The summed E-state index contributed by atoms with van der Waals surface area (Å²) in [7, 11) is 1.35. The van der Waals surface area contributed by atoms with E-state index in [1.165, 1.54) is 7.11 Å². The fraction of sp³-hybridized carbons (Fsp3) is 0.615. The van der Waals surface area contributed by atoms with Crippen LogP contribution in [0.5, 0.6) is 0 Å². The van der Waals surface area contributed by atoms with E-state index in [1.807, 2.05) is 5.38 Å². The van der Waals surface area contributed by atoms with Crippen molar-refractivity contribution in [2.24, 2.45) is 5.16 Å². The SMILES string of the molecule is COC(=O)C1CC(c2csc(C3CCNCC3)n2)=NO1.Cl. The smallest absolute Gasteiger partial charge is 0.350 e. The van der Waals surface area contributed by atoms with Gasteiger partial charge in [0, 0.05) is 17.7 Å². The molecule has 8 heteroatoms. The number of hydrogen-bond donors (Lipinski definition) is 1. The van der Waals surface area contributed by atoms with Gasteiger partial charge in [-0.15, -0.1) is 23.7 Å². The summed E-state index contributed by atoms with van der Waals surface area (Å²) in [6.45, 7) is 2.10. The number of ether oxygens (including phenoxy) is 1. The molecule has 1 fully saturated rings. The molecular formula is C13H18ClN3O3S. The predicted molar refractivity (Wildman–Crippen MR) is 82.2 cm³/mol. The third kappa shape index (κ3) is 3.53. The number of carbonyl (C=O) groups is 1. The highest BCUT2D eigenvalue weighted by molar-refractivity contribution is 7.09. The number of piperidine rings is 1. The van der Waals surface area contributed by atoms with E-state index in [0.29, 0.717) is 12.3 Å². The Kier molecular flexibility index (Phi) is 5.55. The van der Waals surface area contributed by atoms with Gasteiger partial charge in [0.15, 0.2) is 0 Å². The molecule has 0 bridgehead atoms. The van der Waals surface area contributed by atoms with Crippen LogP contribution in [-0.4, -0.2) is 43.0 Å². The van der Waals surface area contributed by atoms with Crippen LogP contribution >= 0.6 is 23.7 Å². The first-order valence-corrected chi connectivity index (χ1v) is 7.63. The molecule has 0 radical (unpaired) electrons. The van der Waals surface area contributed by atoms with Crippen molar-refractivity contribution >= 4 is 35.4 Å². The predicted octanol–water partition coefficient (Wildman–Crippen LogP) is 1.70. The van der Waals surface area contributed by atoms with Crippen molar-refractivity contribution in [3.63, 3.8) is 0 Å². The molecule has 2 aliphatic rings. The molecule has 116 valence electrons. The number of thiazole rings is 1. The van der Waals surface area contributed by atoms with Gasteiger partial charge in [-0.1, -0.05) is 5.16 Å². The molecule has 0 amide bonds. The van der Waals surface area contributed by atoms with Crippen LogP contribution in [0, 0.1) is 0 Å². The minimum Gasteiger partial charge on any atom is -0.466 e. The number of carbonyl (C=O) groups excluding carboxylic acids is 1. The summed E-state index contributed by atoms with van der Waals surface area (Å²) >= 11 is 1.67. The summed E-state index contributed by atoms with van der Waals surface area (Å²) < 4.78 is 4.66. The lowest BCUT2D eigenvalue weighted by Crippen LogP contribution is -2.26.